The van der Waals surface area contributed by atoms with Gasteiger partial charge in [-0.05, 0) is 62.5 Å². The number of pyridine rings is 1. The Hall–Kier alpha value is -2.40. The Balaban J connectivity index is 1.38. The number of benzene rings is 1. The number of carbonyl (C=O) groups excluding carboxylic acids is 1. The molecule has 5 heteroatoms. The number of nitrogen functional groups attached to an aromatic ring is 1. The number of amides is 1. The lowest BCUT2D eigenvalue weighted by Crippen LogP contribution is -2.48. The minimum atomic E-state index is 0.140. The summed E-state index contributed by atoms with van der Waals surface area (Å²) in [6.07, 6.45) is 9.60. The zero-order valence-electron chi connectivity index (χ0n) is 15.8. The lowest BCUT2D eigenvalue weighted by Gasteiger charge is -2.40. The topological polar surface area (TPSA) is 62.5 Å². The van der Waals surface area contributed by atoms with E-state index >= 15 is 0 Å². The van der Waals surface area contributed by atoms with Gasteiger partial charge in [-0.25, -0.2) is 0 Å². The minimum absolute atomic E-state index is 0.140. The number of likely N-dealkylation sites (tertiary alicyclic amines) is 2. The van der Waals surface area contributed by atoms with Crippen molar-refractivity contribution in [2.45, 2.75) is 38.1 Å². The van der Waals surface area contributed by atoms with Crippen LogP contribution in [-0.4, -0.2) is 52.9 Å². The molecule has 2 aliphatic heterocycles. The fourth-order valence-electron chi connectivity index (χ4n) is 4.36. The van der Waals surface area contributed by atoms with Crippen molar-refractivity contribution in [1.82, 2.24) is 14.8 Å². The lowest BCUT2D eigenvalue weighted by molar-refractivity contribution is 0.0590. The predicted molar refractivity (Wildman–Crippen MR) is 108 cm³/mol. The smallest absolute Gasteiger partial charge is 0.253 e. The molecule has 1 aromatic heterocycles. The van der Waals surface area contributed by atoms with Crippen molar-refractivity contribution < 1.29 is 4.79 Å². The van der Waals surface area contributed by atoms with Crippen LogP contribution in [0, 0.1) is 0 Å². The normalized spacial score (nSPS) is 19.2. The molecule has 4 rings (SSSR count). The molecule has 0 aliphatic carbocycles. The number of hydrogen-bond donors (Lipinski definition) is 1. The van der Waals surface area contributed by atoms with Gasteiger partial charge in [0.25, 0.3) is 5.91 Å². The first-order valence-corrected chi connectivity index (χ1v) is 10.1. The van der Waals surface area contributed by atoms with Crippen LogP contribution in [0.4, 0.5) is 5.69 Å². The third-order valence-corrected chi connectivity index (χ3v) is 5.95. The zero-order chi connectivity index (χ0) is 18.6. The molecule has 0 radical (unpaired) electrons. The van der Waals surface area contributed by atoms with Gasteiger partial charge >= 0.3 is 0 Å². The molecular formula is C22H28N4O. The Labute approximate surface area is 161 Å². The summed E-state index contributed by atoms with van der Waals surface area (Å²) in [5, 5.41) is 0. The second-order valence-electron chi connectivity index (χ2n) is 7.66. The minimum Gasteiger partial charge on any atom is -0.397 e. The molecule has 2 N–H and O–H groups in total. The Morgan fingerprint density at radius 2 is 1.67 bits per heavy atom. The second-order valence-corrected chi connectivity index (χ2v) is 7.66. The third kappa shape index (κ3) is 3.98. The van der Waals surface area contributed by atoms with Crippen LogP contribution in [0.3, 0.4) is 0 Å². The highest BCUT2D eigenvalue weighted by molar-refractivity contribution is 5.95. The van der Waals surface area contributed by atoms with E-state index in [9.17, 15) is 4.79 Å². The van der Waals surface area contributed by atoms with Crippen LogP contribution < -0.4 is 5.73 Å². The summed E-state index contributed by atoms with van der Waals surface area (Å²) < 4.78 is 0. The van der Waals surface area contributed by atoms with Crippen molar-refractivity contribution in [2.75, 3.05) is 31.9 Å². The van der Waals surface area contributed by atoms with Gasteiger partial charge in [0, 0.05) is 36.5 Å². The van der Waals surface area contributed by atoms with E-state index in [0.29, 0.717) is 11.7 Å². The van der Waals surface area contributed by atoms with Crippen LogP contribution in [-0.2, 0) is 0 Å². The number of aromatic nitrogens is 1. The summed E-state index contributed by atoms with van der Waals surface area (Å²) in [6.45, 7) is 4.19. The highest BCUT2D eigenvalue weighted by Crippen LogP contribution is 2.26. The van der Waals surface area contributed by atoms with E-state index in [1.165, 1.54) is 32.4 Å². The molecule has 27 heavy (non-hydrogen) atoms. The molecular weight excluding hydrogens is 336 g/mol. The lowest BCUT2D eigenvalue weighted by atomic mass is 9.99. The quantitative estimate of drug-likeness (QED) is 0.906. The average Bonchev–Trinajstić information content (AvgIpc) is 2.74. The van der Waals surface area contributed by atoms with Gasteiger partial charge in [-0.1, -0.05) is 18.6 Å². The fraction of sp³-hybridized carbons (Fsp3) is 0.455. The van der Waals surface area contributed by atoms with Crippen LogP contribution >= 0.6 is 0 Å². The van der Waals surface area contributed by atoms with Gasteiger partial charge in [0.1, 0.15) is 0 Å². The monoisotopic (exact) mass is 364 g/mol. The van der Waals surface area contributed by atoms with E-state index in [1.54, 1.807) is 12.4 Å². The van der Waals surface area contributed by atoms with Crippen LogP contribution in [0.1, 0.15) is 42.5 Å². The predicted octanol–water partition coefficient (Wildman–Crippen LogP) is 3.42. The first kappa shape index (κ1) is 18.0. The highest BCUT2D eigenvalue weighted by atomic mass is 16.2. The Kier molecular flexibility index (Phi) is 5.39. The number of rotatable bonds is 3. The molecule has 0 bridgehead atoms. The van der Waals surface area contributed by atoms with Gasteiger partial charge in [0.05, 0.1) is 11.9 Å². The first-order chi connectivity index (χ1) is 13.2. The molecule has 3 heterocycles. The standard InChI is InChI=1S/C22H28N4O/c23-21-16-24-11-8-20(21)17-4-6-18(7-5-17)22(27)26-14-9-19(10-15-26)25-12-2-1-3-13-25/h4-8,11,16,19H,1-3,9-10,12-15,23H2. The Bertz CT molecular complexity index is 775. The van der Waals surface area contributed by atoms with Crippen LogP contribution in [0.2, 0.25) is 0 Å². The fourth-order valence-corrected chi connectivity index (χ4v) is 4.36. The highest BCUT2D eigenvalue weighted by Gasteiger charge is 2.28. The zero-order valence-corrected chi connectivity index (χ0v) is 15.8. The average molecular weight is 364 g/mol. The molecule has 1 aromatic carbocycles. The van der Waals surface area contributed by atoms with E-state index in [1.807, 2.05) is 35.2 Å². The van der Waals surface area contributed by atoms with E-state index in [0.717, 1.165) is 42.6 Å². The van der Waals surface area contributed by atoms with E-state index in [2.05, 4.69) is 9.88 Å². The molecule has 5 nitrogen and oxygen atoms in total. The van der Waals surface area contributed by atoms with Crippen molar-refractivity contribution in [3.05, 3.63) is 48.3 Å². The second kappa shape index (κ2) is 8.09. The summed E-state index contributed by atoms with van der Waals surface area (Å²) in [6, 6.07) is 10.3. The summed E-state index contributed by atoms with van der Waals surface area (Å²) in [7, 11) is 0. The number of hydrogen-bond acceptors (Lipinski definition) is 4. The number of carbonyl (C=O) groups is 1. The SMILES string of the molecule is Nc1cnccc1-c1ccc(C(=O)N2CCC(N3CCCCC3)CC2)cc1. The molecule has 0 unspecified atom stereocenters. The van der Waals surface area contributed by atoms with Crippen LogP contribution in [0.5, 0.6) is 0 Å². The van der Waals surface area contributed by atoms with Crippen molar-refractivity contribution in [3.8, 4) is 11.1 Å². The maximum Gasteiger partial charge on any atom is 0.253 e. The van der Waals surface area contributed by atoms with Gasteiger partial charge < -0.3 is 15.5 Å². The molecule has 2 fully saturated rings. The molecule has 2 saturated heterocycles. The summed E-state index contributed by atoms with van der Waals surface area (Å²) >= 11 is 0. The molecule has 142 valence electrons. The number of nitrogens with two attached hydrogens (primary N) is 1. The van der Waals surface area contributed by atoms with Gasteiger partial charge in [0.2, 0.25) is 0 Å². The van der Waals surface area contributed by atoms with Gasteiger partial charge in [0.15, 0.2) is 0 Å². The van der Waals surface area contributed by atoms with Gasteiger partial charge in [-0.15, -0.1) is 0 Å². The maximum atomic E-state index is 12.9. The van der Waals surface area contributed by atoms with Crippen LogP contribution in [0.15, 0.2) is 42.7 Å². The van der Waals surface area contributed by atoms with Crippen molar-refractivity contribution in [1.29, 1.82) is 0 Å². The van der Waals surface area contributed by atoms with Gasteiger partial charge in [-0.3, -0.25) is 9.78 Å². The summed E-state index contributed by atoms with van der Waals surface area (Å²) in [5.74, 6) is 0.140. The third-order valence-electron chi connectivity index (χ3n) is 5.95. The molecule has 2 aliphatic rings. The molecule has 0 saturated carbocycles. The van der Waals surface area contributed by atoms with Crippen molar-refractivity contribution in [3.63, 3.8) is 0 Å². The van der Waals surface area contributed by atoms with E-state index in [4.69, 9.17) is 5.73 Å². The van der Waals surface area contributed by atoms with E-state index in [-0.39, 0.29) is 5.91 Å². The van der Waals surface area contributed by atoms with Crippen molar-refractivity contribution in [2.24, 2.45) is 0 Å². The molecule has 0 spiro atoms. The number of anilines is 1. The van der Waals surface area contributed by atoms with E-state index < -0.39 is 0 Å². The Morgan fingerprint density at radius 1 is 0.963 bits per heavy atom. The number of nitrogens with zero attached hydrogens (tertiary/aromatic N) is 3. The maximum absolute atomic E-state index is 12.9. The Morgan fingerprint density at radius 3 is 2.33 bits per heavy atom. The first-order valence-electron chi connectivity index (χ1n) is 10.1. The van der Waals surface area contributed by atoms with Gasteiger partial charge in [-0.2, -0.15) is 0 Å². The molecule has 0 atom stereocenters. The molecule has 1 amide bonds. The van der Waals surface area contributed by atoms with Crippen molar-refractivity contribution >= 4 is 11.6 Å². The molecule has 2 aromatic rings. The summed E-state index contributed by atoms with van der Waals surface area (Å²) in [5.41, 5.74) is 9.36. The largest absolute Gasteiger partial charge is 0.397 e. The summed E-state index contributed by atoms with van der Waals surface area (Å²) in [4.78, 5) is 21.6. The number of piperidine rings is 2. The van der Waals surface area contributed by atoms with Crippen LogP contribution in [0.25, 0.3) is 11.1 Å².